The van der Waals surface area contributed by atoms with Crippen LogP contribution in [0.5, 0.6) is 0 Å². The molecule has 3 heterocycles. The second kappa shape index (κ2) is 9.04. The number of hydrogen-bond acceptors (Lipinski definition) is 4. The summed E-state index contributed by atoms with van der Waals surface area (Å²) in [5.41, 5.74) is 11.1. The van der Waals surface area contributed by atoms with Crippen molar-refractivity contribution in [1.82, 2.24) is 15.8 Å². The molecule has 5 rings (SSSR count). The van der Waals surface area contributed by atoms with Gasteiger partial charge < -0.3 is 9.80 Å². The van der Waals surface area contributed by atoms with Crippen LogP contribution in [0, 0.1) is 12.8 Å². The predicted molar refractivity (Wildman–Crippen MR) is 126 cm³/mol. The van der Waals surface area contributed by atoms with Gasteiger partial charge in [-0.25, -0.2) is 0 Å². The van der Waals surface area contributed by atoms with Crippen molar-refractivity contribution < 1.29 is 9.59 Å². The first kappa shape index (κ1) is 21.2. The van der Waals surface area contributed by atoms with E-state index < -0.39 is 0 Å². The Bertz CT molecular complexity index is 1010. The van der Waals surface area contributed by atoms with Gasteiger partial charge in [-0.1, -0.05) is 30.3 Å². The number of anilines is 1. The average molecular weight is 433 g/mol. The van der Waals surface area contributed by atoms with Gasteiger partial charge in [0.15, 0.2) is 0 Å². The fraction of sp³-hybridized carbons (Fsp3) is 0.462. The minimum atomic E-state index is 0.0709. The zero-order chi connectivity index (χ0) is 22.1. The third-order valence-corrected chi connectivity index (χ3v) is 7.34. The van der Waals surface area contributed by atoms with Gasteiger partial charge in [-0.05, 0) is 61.4 Å². The van der Waals surface area contributed by atoms with E-state index in [0.717, 1.165) is 51.1 Å². The molecule has 6 nitrogen and oxygen atoms in total. The van der Waals surface area contributed by atoms with E-state index in [1.54, 1.807) is 4.90 Å². The standard InChI is InChI=1S/C26H32N4O2/c1-18-7-2-3-11-22(18)23-16-27-28-25(23)20-9-5-13-29(17-20)26(32)19-8-4-10-21(15-19)30-14-6-12-24(30)31/h2-4,7-8,10-11,15,20,23,25,27-28H,5-6,9,12-14,16-17H2,1H3. The van der Waals surface area contributed by atoms with Gasteiger partial charge in [0.1, 0.15) is 0 Å². The van der Waals surface area contributed by atoms with Crippen LogP contribution in [0.2, 0.25) is 0 Å². The van der Waals surface area contributed by atoms with Crippen molar-refractivity contribution in [2.45, 2.75) is 44.6 Å². The van der Waals surface area contributed by atoms with Crippen LogP contribution in [0.1, 0.15) is 53.1 Å². The number of carbonyl (C=O) groups excluding carboxylic acids is 2. The van der Waals surface area contributed by atoms with Crippen LogP contribution in [0.25, 0.3) is 0 Å². The van der Waals surface area contributed by atoms with Gasteiger partial charge in [0.2, 0.25) is 5.91 Å². The molecular formula is C26H32N4O2. The normalized spacial score (nSPS) is 26.0. The van der Waals surface area contributed by atoms with E-state index in [2.05, 4.69) is 42.0 Å². The molecule has 0 aromatic heterocycles. The van der Waals surface area contributed by atoms with Crippen LogP contribution in [0.15, 0.2) is 48.5 Å². The molecule has 3 saturated heterocycles. The lowest BCUT2D eigenvalue weighted by atomic mass is 9.80. The molecule has 2 aromatic carbocycles. The number of carbonyl (C=O) groups is 2. The Morgan fingerprint density at radius 2 is 1.94 bits per heavy atom. The largest absolute Gasteiger partial charge is 0.338 e. The molecule has 0 radical (unpaired) electrons. The number of amides is 2. The second-order valence-corrected chi connectivity index (χ2v) is 9.37. The number of likely N-dealkylation sites (tertiary alicyclic amines) is 1. The molecule has 0 saturated carbocycles. The molecule has 168 valence electrons. The maximum Gasteiger partial charge on any atom is 0.253 e. The van der Waals surface area contributed by atoms with Crippen LogP contribution >= 0.6 is 0 Å². The van der Waals surface area contributed by atoms with Crippen molar-refractivity contribution in [3.05, 3.63) is 65.2 Å². The lowest BCUT2D eigenvalue weighted by Gasteiger charge is -2.37. The van der Waals surface area contributed by atoms with Crippen molar-refractivity contribution in [3.8, 4) is 0 Å². The highest BCUT2D eigenvalue weighted by atomic mass is 16.2. The highest BCUT2D eigenvalue weighted by Crippen LogP contribution is 2.33. The van der Waals surface area contributed by atoms with Gasteiger partial charge in [0.05, 0.1) is 0 Å². The number of piperidine rings is 1. The van der Waals surface area contributed by atoms with E-state index in [4.69, 9.17) is 0 Å². The van der Waals surface area contributed by atoms with Crippen LogP contribution in [-0.4, -0.2) is 48.9 Å². The number of aryl methyl sites for hydroxylation is 1. The van der Waals surface area contributed by atoms with Gasteiger partial charge in [0, 0.05) is 55.8 Å². The van der Waals surface area contributed by atoms with Crippen molar-refractivity contribution in [3.63, 3.8) is 0 Å². The van der Waals surface area contributed by atoms with Gasteiger partial charge in [-0.3, -0.25) is 20.4 Å². The first-order valence-corrected chi connectivity index (χ1v) is 11.9. The van der Waals surface area contributed by atoms with Crippen molar-refractivity contribution in [2.75, 3.05) is 31.1 Å². The lowest BCUT2D eigenvalue weighted by Crippen LogP contribution is -2.48. The third kappa shape index (κ3) is 4.05. The quantitative estimate of drug-likeness (QED) is 0.779. The molecule has 6 heteroatoms. The lowest BCUT2D eigenvalue weighted by molar-refractivity contribution is -0.117. The molecule has 32 heavy (non-hydrogen) atoms. The number of hydrogen-bond donors (Lipinski definition) is 2. The fourth-order valence-electron chi connectivity index (χ4n) is 5.67. The summed E-state index contributed by atoms with van der Waals surface area (Å²) in [7, 11) is 0. The van der Waals surface area contributed by atoms with Crippen LogP contribution in [0.3, 0.4) is 0 Å². The molecular weight excluding hydrogens is 400 g/mol. The first-order valence-electron chi connectivity index (χ1n) is 11.9. The highest BCUT2D eigenvalue weighted by molar-refractivity contribution is 5.99. The number of benzene rings is 2. The zero-order valence-electron chi connectivity index (χ0n) is 18.7. The zero-order valence-corrected chi connectivity index (χ0v) is 18.7. The summed E-state index contributed by atoms with van der Waals surface area (Å²) >= 11 is 0. The topological polar surface area (TPSA) is 64.7 Å². The SMILES string of the molecule is Cc1ccccc1C1CNNC1C1CCCN(C(=O)c2cccc(N3CCCC3=O)c2)C1. The van der Waals surface area contributed by atoms with Crippen molar-refractivity contribution in [1.29, 1.82) is 0 Å². The molecule has 3 fully saturated rings. The van der Waals surface area contributed by atoms with Crippen molar-refractivity contribution in [2.24, 2.45) is 5.92 Å². The summed E-state index contributed by atoms with van der Waals surface area (Å²) < 4.78 is 0. The third-order valence-electron chi connectivity index (χ3n) is 7.34. The van der Waals surface area contributed by atoms with E-state index >= 15 is 0 Å². The van der Waals surface area contributed by atoms with Crippen LogP contribution < -0.4 is 15.8 Å². The summed E-state index contributed by atoms with van der Waals surface area (Å²) in [5.74, 6) is 1.02. The Hall–Kier alpha value is -2.70. The fourth-order valence-corrected chi connectivity index (χ4v) is 5.67. The summed E-state index contributed by atoms with van der Waals surface area (Å²) in [6, 6.07) is 16.5. The van der Waals surface area contributed by atoms with Gasteiger partial charge >= 0.3 is 0 Å². The monoisotopic (exact) mass is 432 g/mol. The molecule has 2 N–H and O–H groups in total. The Morgan fingerprint density at radius 1 is 1.06 bits per heavy atom. The Labute approximate surface area is 189 Å². The molecule has 3 atom stereocenters. The highest BCUT2D eigenvalue weighted by Gasteiger charge is 2.38. The molecule has 2 amide bonds. The smallest absolute Gasteiger partial charge is 0.253 e. The van der Waals surface area contributed by atoms with E-state index in [1.165, 1.54) is 11.1 Å². The molecule has 3 unspecified atom stereocenters. The van der Waals surface area contributed by atoms with E-state index in [9.17, 15) is 9.59 Å². The van der Waals surface area contributed by atoms with Crippen molar-refractivity contribution >= 4 is 17.5 Å². The second-order valence-electron chi connectivity index (χ2n) is 9.37. The Kier molecular flexibility index (Phi) is 5.98. The molecule has 0 bridgehead atoms. The van der Waals surface area contributed by atoms with Gasteiger partial charge in [-0.2, -0.15) is 0 Å². The minimum absolute atomic E-state index is 0.0709. The molecule has 0 spiro atoms. The molecule has 3 aliphatic heterocycles. The predicted octanol–water partition coefficient (Wildman–Crippen LogP) is 3.23. The number of rotatable bonds is 4. The van der Waals surface area contributed by atoms with Gasteiger partial charge in [-0.15, -0.1) is 0 Å². The molecule has 2 aromatic rings. The number of nitrogens with zero attached hydrogens (tertiary/aromatic N) is 2. The summed E-state index contributed by atoms with van der Waals surface area (Å²) in [5, 5.41) is 0. The molecule has 3 aliphatic rings. The van der Waals surface area contributed by atoms with E-state index in [1.807, 2.05) is 29.2 Å². The number of hydrazine groups is 1. The average Bonchev–Trinajstić information content (AvgIpc) is 3.48. The maximum absolute atomic E-state index is 13.4. The van der Waals surface area contributed by atoms with Gasteiger partial charge in [0.25, 0.3) is 5.91 Å². The first-order chi connectivity index (χ1) is 15.6. The number of nitrogens with one attached hydrogen (secondary N) is 2. The summed E-state index contributed by atoms with van der Waals surface area (Å²) in [6.45, 7) is 5.37. The van der Waals surface area contributed by atoms with E-state index in [0.29, 0.717) is 29.9 Å². The summed E-state index contributed by atoms with van der Waals surface area (Å²) in [4.78, 5) is 29.3. The van der Waals surface area contributed by atoms with Crippen LogP contribution in [0.4, 0.5) is 5.69 Å². The minimum Gasteiger partial charge on any atom is -0.338 e. The van der Waals surface area contributed by atoms with Crippen LogP contribution in [-0.2, 0) is 4.79 Å². The molecule has 0 aliphatic carbocycles. The maximum atomic E-state index is 13.4. The van der Waals surface area contributed by atoms with E-state index in [-0.39, 0.29) is 11.8 Å². The summed E-state index contributed by atoms with van der Waals surface area (Å²) in [6.07, 6.45) is 3.61. The Morgan fingerprint density at radius 3 is 2.75 bits per heavy atom. The Balaban J connectivity index is 1.31.